The number of aromatic hydroxyl groups is 1. The molecule has 3 N–H and O–H groups in total. The van der Waals surface area contributed by atoms with E-state index >= 15 is 0 Å². The van der Waals surface area contributed by atoms with Gasteiger partial charge in [-0.25, -0.2) is 0 Å². The number of aromatic amines is 1. The Morgan fingerprint density at radius 3 is 2.69 bits per heavy atom. The van der Waals surface area contributed by atoms with E-state index in [0.717, 1.165) is 48.3 Å². The average molecular weight is 443 g/mol. The minimum absolute atomic E-state index is 0.128. The van der Waals surface area contributed by atoms with Gasteiger partial charge in [0.15, 0.2) is 0 Å². The molecule has 3 aromatic rings. The lowest BCUT2D eigenvalue weighted by Crippen LogP contribution is -2.23. The first kappa shape index (κ1) is 19.8. The Labute approximate surface area is 171 Å². The number of aryl methyl sites for hydroxylation is 2. The highest BCUT2D eigenvalue weighted by atomic mass is 35.5. The Morgan fingerprint density at radius 2 is 1.97 bits per heavy atom. The number of hydrogen-bond acceptors (Lipinski definition) is 4. The molecule has 29 heavy (non-hydrogen) atoms. The number of fused-ring (bicyclic) bond motifs is 3. The molecule has 0 fully saturated rings. The van der Waals surface area contributed by atoms with Crippen molar-refractivity contribution >= 4 is 44.7 Å². The maximum atomic E-state index is 12.9. The second-order valence-corrected chi connectivity index (χ2v) is 8.25. The largest absolute Gasteiger partial charge is 0.506 e. The van der Waals surface area contributed by atoms with Crippen LogP contribution in [0.25, 0.3) is 10.2 Å². The Balaban J connectivity index is 1.77. The Bertz CT molecular complexity index is 1200. The van der Waals surface area contributed by atoms with Crippen LogP contribution < -0.4 is 10.9 Å². The quantitative estimate of drug-likeness (QED) is 0.516. The number of H-pyrrole nitrogens is 1. The Hall–Kier alpha value is -2.52. The van der Waals surface area contributed by atoms with E-state index in [1.54, 1.807) is 0 Å². The third-order valence-electron chi connectivity index (χ3n) is 4.87. The van der Waals surface area contributed by atoms with Crippen LogP contribution in [0.4, 0.5) is 18.9 Å². The summed E-state index contributed by atoms with van der Waals surface area (Å²) in [6.45, 7) is 0. The summed E-state index contributed by atoms with van der Waals surface area (Å²) in [6.07, 6.45) is -1.14. The lowest BCUT2D eigenvalue weighted by molar-refractivity contribution is -0.137. The van der Waals surface area contributed by atoms with E-state index in [9.17, 15) is 27.9 Å². The van der Waals surface area contributed by atoms with E-state index in [1.165, 1.54) is 11.3 Å². The summed E-state index contributed by atoms with van der Waals surface area (Å²) in [7, 11) is 0. The second kappa shape index (κ2) is 7.07. The highest BCUT2D eigenvalue weighted by Gasteiger charge is 2.31. The van der Waals surface area contributed by atoms with Crippen molar-refractivity contribution < 1.29 is 23.1 Å². The van der Waals surface area contributed by atoms with E-state index in [-0.39, 0.29) is 10.7 Å². The van der Waals surface area contributed by atoms with Crippen LogP contribution in [0.3, 0.4) is 0 Å². The van der Waals surface area contributed by atoms with Crippen LogP contribution in [0.2, 0.25) is 5.02 Å². The number of hydrogen-bond donors (Lipinski definition) is 3. The van der Waals surface area contributed by atoms with Gasteiger partial charge in [0.1, 0.15) is 16.1 Å². The standard InChI is InChI=1S/C19H14ClF3N2O3S/c20-10-6-5-8(19(21,22)23)7-11(10)24-16(27)14-15(26)13-9-3-1-2-4-12(9)29-18(13)25-17(14)28/h5-7H,1-4H2,(H,24,27)(H2,25,26,28). The monoisotopic (exact) mass is 442 g/mol. The van der Waals surface area contributed by atoms with Gasteiger partial charge in [0, 0.05) is 4.88 Å². The van der Waals surface area contributed by atoms with Crippen LogP contribution in [0, 0.1) is 0 Å². The van der Waals surface area contributed by atoms with Crippen molar-refractivity contribution in [3.63, 3.8) is 0 Å². The van der Waals surface area contributed by atoms with Crippen molar-refractivity contribution in [2.45, 2.75) is 31.9 Å². The Morgan fingerprint density at radius 1 is 1.24 bits per heavy atom. The van der Waals surface area contributed by atoms with Gasteiger partial charge in [-0.3, -0.25) is 9.59 Å². The van der Waals surface area contributed by atoms with Gasteiger partial charge in [0.2, 0.25) is 0 Å². The van der Waals surface area contributed by atoms with Crippen molar-refractivity contribution in [3.05, 3.63) is 55.1 Å². The van der Waals surface area contributed by atoms with Crippen LogP contribution in [0.15, 0.2) is 23.0 Å². The van der Waals surface area contributed by atoms with Crippen molar-refractivity contribution in [1.29, 1.82) is 0 Å². The molecule has 0 aliphatic heterocycles. The van der Waals surface area contributed by atoms with Crippen LogP contribution in [-0.2, 0) is 19.0 Å². The number of pyridine rings is 1. The van der Waals surface area contributed by atoms with E-state index in [1.807, 2.05) is 0 Å². The van der Waals surface area contributed by atoms with E-state index in [4.69, 9.17) is 11.6 Å². The molecule has 0 saturated carbocycles. The van der Waals surface area contributed by atoms with Crippen LogP contribution >= 0.6 is 22.9 Å². The highest BCUT2D eigenvalue weighted by molar-refractivity contribution is 7.18. The number of benzene rings is 1. The predicted molar refractivity (Wildman–Crippen MR) is 105 cm³/mol. The smallest absolute Gasteiger partial charge is 0.416 e. The molecule has 2 aromatic heterocycles. The van der Waals surface area contributed by atoms with Gasteiger partial charge in [-0.1, -0.05) is 11.6 Å². The van der Waals surface area contributed by atoms with Gasteiger partial charge in [-0.15, -0.1) is 11.3 Å². The minimum Gasteiger partial charge on any atom is -0.506 e. The molecule has 1 aliphatic carbocycles. The minimum atomic E-state index is -4.63. The van der Waals surface area contributed by atoms with E-state index < -0.39 is 34.5 Å². The molecule has 1 aromatic carbocycles. The third kappa shape index (κ3) is 3.49. The molecule has 0 spiro atoms. The normalized spacial score (nSPS) is 14.1. The first-order valence-electron chi connectivity index (χ1n) is 8.74. The van der Waals surface area contributed by atoms with Gasteiger partial charge in [0.05, 0.1) is 21.7 Å². The zero-order chi connectivity index (χ0) is 20.9. The second-order valence-electron chi connectivity index (χ2n) is 6.74. The Kier molecular flexibility index (Phi) is 4.82. The van der Waals surface area contributed by atoms with Gasteiger partial charge in [-0.05, 0) is 49.4 Å². The number of carbonyl (C=O) groups is 1. The van der Waals surface area contributed by atoms with Gasteiger partial charge in [-0.2, -0.15) is 13.2 Å². The summed E-state index contributed by atoms with van der Waals surface area (Å²) in [5.74, 6) is -1.51. The molecule has 0 atom stereocenters. The molecular weight excluding hydrogens is 429 g/mol. The zero-order valence-electron chi connectivity index (χ0n) is 14.7. The SMILES string of the molecule is O=C(Nc1cc(C(F)(F)F)ccc1Cl)c1c(O)c2c3c(sc2[nH]c1=O)CCCC3. The number of anilines is 1. The molecule has 0 unspecified atom stereocenters. The fourth-order valence-electron chi connectivity index (χ4n) is 3.50. The molecule has 0 radical (unpaired) electrons. The topological polar surface area (TPSA) is 82.2 Å². The van der Waals surface area contributed by atoms with E-state index in [2.05, 4.69) is 10.3 Å². The zero-order valence-corrected chi connectivity index (χ0v) is 16.3. The lowest BCUT2D eigenvalue weighted by atomic mass is 9.96. The fourth-order valence-corrected chi connectivity index (χ4v) is 4.95. The van der Waals surface area contributed by atoms with Crippen molar-refractivity contribution in [2.75, 3.05) is 5.32 Å². The summed E-state index contributed by atoms with van der Waals surface area (Å²) in [5.41, 5.74) is -1.79. The number of nitrogens with one attached hydrogen (secondary N) is 2. The van der Waals surface area contributed by atoms with Crippen LogP contribution in [-0.4, -0.2) is 16.0 Å². The summed E-state index contributed by atoms with van der Waals surface area (Å²) < 4.78 is 38.8. The molecule has 10 heteroatoms. The summed E-state index contributed by atoms with van der Waals surface area (Å²) in [4.78, 5) is 29.2. The molecule has 152 valence electrons. The third-order valence-corrected chi connectivity index (χ3v) is 6.40. The van der Waals surface area contributed by atoms with Gasteiger partial charge in [0.25, 0.3) is 11.5 Å². The number of thiophene rings is 1. The fraction of sp³-hybridized carbons (Fsp3) is 0.263. The summed E-state index contributed by atoms with van der Waals surface area (Å²) >= 11 is 7.27. The summed E-state index contributed by atoms with van der Waals surface area (Å²) in [5, 5.41) is 13.2. The number of aromatic nitrogens is 1. The molecule has 0 bridgehead atoms. The molecule has 1 amide bonds. The average Bonchev–Trinajstić information content (AvgIpc) is 3.00. The van der Waals surface area contributed by atoms with Crippen molar-refractivity contribution in [1.82, 2.24) is 4.98 Å². The first-order valence-corrected chi connectivity index (χ1v) is 9.94. The number of alkyl halides is 3. The predicted octanol–water partition coefficient (Wildman–Crippen LogP) is 5.10. The molecule has 2 heterocycles. The van der Waals surface area contributed by atoms with Gasteiger partial charge >= 0.3 is 6.18 Å². The lowest BCUT2D eigenvalue weighted by Gasteiger charge is -2.13. The number of carbonyl (C=O) groups excluding carboxylic acids is 1. The molecule has 5 nitrogen and oxygen atoms in total. The highest BCUT2D eigenvalue weighted by Crippen LogP contribution is 2.40. The number of halogens is 4. The summed E-state index contributed by atoms with van der Waals surface area (Å²) in [6, 6.07) is 2.46. The van der Waals surface area contributed by atoms with Crippen LogP contribution in [0.5, 0.6) is 5.75 Å². The van der Waals surface area contributed by atoms with Gasteiger partial charge < -0.3 is 15.4 Å². The van der Waals surface area contributed by atoms with E-state index in [0.29, 0.717) is 16.3 Å². The maximum absolute atomic E-state index is 12.9. The first-order chi connectivity index (χ1) is 13.7. The molecular formula is C19H14ClF3N2O3S. The number of rotatable bonds is 2. The molecule has 4 rings (SSSR count). The maximum Gasteiger partial charge on any atom is 0.416 e. The molecule has 1 aliphatic rings. The number of amides is 1. The van der Waals surface area contributed by atoms with Crippen molar-refractivity contribution in [3.8, 4) is 5.75 Å². The van der Waals surface area contributed by atoms with Crippen LogP contribution in [0.1, 0.15) is 39.2 Å². The van der Waals surface area contributed by atoms with Crippen molar-refractivity contribution in [2.24, 2.45) is 0 Å². The molecule has 0 saturated heterocycles.